The van der Waals surface area contributed by atoms with Crippen LogP contribution >= 0.6 is 23.4 Å². The van der Waals surface area contributed by atoms with Crippen LogP contribution in [-0.4, -0.2) is 34.9 Å². The Kier molecular flexibility index (Phi) is 7.94. The maximum absolute atomic E-state index is 13.1. The summed E-state index contributed by atoms with van der Waals surface area (Å²) in [5.41, 5.74) is 3.36. The number of rotatable bonds is 9. The van der Waals surface area contributed by atoms with Gasteiger partial charge >= 0.3 is 0 Å². The van der Waals surface area contributed by atoms with Crippen LogP contribution in [0.15, 0.2) is 71.9 Å². The fraction of sp³-hybridized carbons (Fsp3) is 0.192. The van der Waals surface area contributed by atoms with E-state index in [4.69, 9.17) is 21.1 Å². The van der Waals surface area contributed by atoms with E-state index in [2.05, 4.69) is 27.6 Å². The molecule has 180 valence electrons. The number of aromatic nitrogens is 3. The molecule has 1 heterocycles. The van der Waals surface area contributed by atoms with Gasteiger partial charge in [-0.1, -0.05) is 65.8 Å². The highest BCUT2D eigenvalue weighted by molar-refractivity contribution is 7.98. The standard InChI is InChI=1S/C26H25ClN4O3S/c1-17-12-13-19(27)14-20(17)31-23(29-30-26(31)35-16-18-8-5-4-6-9-18)15-28-25(32)24-21(33-2)10-7-11-22(24)34-3/h4-14H,15-16H2,1-3H3,(H,28,32). The number of ether oxygens (including phenoxy) is 2. The number of thioether (sulfide) groups is 1. The van der Waals surface area contributed by atoms with Crippen LogP contribution in [-0.2, 0) is 12.3 Å². The lowest BCUT2D eigenvalue weighted by Crippen LogP contribution is -2.25. The maximum atomic E-state index is 13.1. The Labute approximate surface area is 213 Å². The minimum absolute atomic E-state index is 0.144. The van der Waals surface area contributed by atoms with Crippen LogP contribution in [0.4, 0.5) is 0 Å². The molecule has 4 aromatic rings. The van der Waals surface area contributed by atoms with Gasteiger partial charge in [-0.2, -0.15) is 0 Å². The third kappa shape index (κ3) is 5.61. The van der Waals surface area contributed by atoms with Crippen LogP contribution in [0.1, 0.15) is 27.3 Å². The summed E-state index contributed by atoms with van der Waals surface area (Å²) in [5.74, 6) is 1.81. The first-order valence-electron chi connectivity index (χ1n) is 10.9. The van der Waals surface area contributed by atoms with E-state index in [1.807, 2.05) is 47.9 Å². The fourth-order valence-corrected chi connectivity index (χ4v) is 4.70. The summed E-state index contributed by atoms with van der Waals surface area (Å²) < 4.78 is 12.7. The predicted octanol–water partition coefficient (Wildman–Crippen LogP) is 5.47. The Hall–Kier alpha value is -3.49. The molecular formula is C26H25ClN4O3S. The zero-order chi connectivity index (χ0) is 24.8. The number of halogens is 1. The van der Waals surface area contributed by atoms with E-state index in [0.717, 1.165) is 17.0 Å². The molecule has 35 heavy (non-hydrogen) atoms. The van der Waals surface area contributed by atoms with Crippen molar-refractivity contribution in [3.63, 3.8) is 0 Å². The lowest BCUT2D eigenvalue weighted by atomic mass is 10.1. The molecule has 0 aliphatic rings. The molecule has 1 N–H and O–H groups in total. The van der Waals surface area contributed by atoms with Crippen molar-refractivity contribution in [1.29, 1.82) is 0 Å². The van der Waals surface area contributed by atoms with E-state index in [0.29, 0.717) is 33.1 Å². The highest BCUT2D eigenvalue weighted by atomic mass is 35.5. The Morgan fingerprint density at radius 2 is 1.71 bits per heavy atom. The predicted molar refractivity (Wildman–Crippen MR) is 138 cm³/mol. The van der Waals surface area contributed by atoms with Gasteiger partial charge in [0, 0.05) is 10.8 Å². The monoisotopic (exact) mass is 508 g/mol. The Morgan fingerprint density at radius 3 is 2.40 bits per heavy atom. The molecule has 1 amide bonds. The van der Waals surface area contributed by atoms with Crippen molar-refractivity contribution < 1.29 is 14.3 Å². The summed E-state index contributed by atoms with van der Waals surface area (Å²) in [6.45, 7) is 2.14. The lowest BCUT2D eigenvalue weighted by Gasteiger charge is -2.15. The molecular weight excluding hydrogens is 484 g/mol. The van der Waals surface area contributed by atoms with Crippen LogP contribution in [0.5, 0.6) is 11.5 Å². The number of hydrogen-bond acceptors (Lipinski definition) is 6. The molecule has 1 aromatic heterocycles. The summed E-state index contributed by atoms with van der Waals surface area (Å²) in [6.07, 6.45) is 0. The first-order chi connectivity index (χ1) is 17.0. The number of carbonyl (C=O) groups excluding carboxylic acids is 1. The Balaban J connectivity index is 1.64. The van der Waals surface area contributed by atoms with E-state index in [1.165, 1.54) is 19.8 Å². The maximum Gasteiger partial charge on any atom is 0.259 e. The molecule has 0 radical (unpaired) electrons. The smallest absolute Gasteiger partial charge is 0.259 e. The number of methoxy groups -OCH3 is 2. The molecule has 0 aliphatic heterocycles. The van der Waals surface area contributed by atoms with Gasteiger partial charge in [-0.3, -0.25) is 9.36 Å². The molecule has 7 nitrogen and oxygen atoms in total. The van der Waals surface area contributed by atoms with Crippen molar-refractivity contribution in [3.8, 4) is 17.2 Å². The number of nitrogens with one attached hydrogen (secondary N) is 1. The third-order valence-electron chi connectivity index (χ3n) is 5.39. The second-order valence-corrected chi connectivity index (χ2v) is 9.04. The largest absolute Gasteiger partial charge is 0.496 e. The molecule has 0 unspecified atom stereocenters. The van der Waals surface area contributed by atoms with Crippen LogP contribution in [0.3, 0.4) is 0 Å². The second kappa shape index (κ2) is 11.3. The van der Waals surface area contributed by atoms with Gasteiger partial charge in [0.15, 0.2) is 11.0 Å². The van der Waals surface area contributed by atoms with E-state index in [-0.39, 0.29) is 12.5 Å². The normalized spacial score (nSPS) is 10.7. The van der Waals surface area contributed by atoms with Gasteiger partial charge in [0.05, 0.1) is 26.5 Å². The average molecular weight is 509 g/mol. The summed E-state index contributed by atoms with van der Waals surface area (Å²) in [4.78, 5) is 13.1. The van der Waals surface area contributed by atoms with Gasteiger partial charge in [0.25, 0.3) is 5.91 Å². The highest BCUT2D eigenvalue weighted by Crippen LogP contribution is 2.30. The van der Waals surface area contributed by atoms with Gasteiger partial charge in [0.2, 0.25) is 0 Å². The molecule has 0 fully saturated rings. The first kappa shape index (κ1) is 24.6. The molecule has 0 aliphatic carbocycles. The molecule has 0 spiro atoms. The summed E-state index contributed by atoms with van der Waals surface area (Å²) in [6, 6.07) is 21.0. The van der Waals surface area contributed by atoms with Crippen molar-refractivity contribution in [2.45, 2.75) is 24.4 Å². The fourth-order valence-electron chi connectivity index (χ4n) is 3.62. The molecule has 0 saturated heterocycles. The number of benzene rings is 3. The second-order valence-electron chi connectivity index (χ2n) is 7.66. The molecule has 0 saturated carbocycles. The number of nitrogens with zero attached hydrogens (tertiary/aromatic N) is 3. The van der Waals surface area contributed by atoms with E-state index >= 15 is 0 Å². The average Bonchev–Trinajstić information content (AvgIpc) is 3.29. The number of carbonyl (C=O) groups is 1. The number of aryl methyl sites for hydroxylation is 1. The number of hydrogen-bond donors (Lipinski definition) is 1. The van der Waals surface area contributed by atoms with Crippen LogP contribution < -0.4 is 14.8 Å². The molecule has 0 atom stereocenters. The molecule has 4 rings (SSSR count). The number of amides is 1. The van der Waals surface area contributed by atoms with Crippen molar-refractivity contribution in [3.05, 3.63) is 94.3 Å². The zero-order valence-electron chi connectivity index (χ0n) is 19.6. The minimum Gasteiger partial charge on any atom is -0.496 e. The lowest BCUT2D eigenvalue weighted by molar-refractivity contribution is 0.0943. The molecule has 3 aromatic carbocycles. The minimum atomic E-state index is -0.338. The van der Waals surface area contributed by atoms with Gasteiger partial charge in [0.1, 0.15) is 17.1 Å². The zero-order valence-corrected chi connectivity index (χ0v) is 21.2. The SMILES string of the molecule is COc1cccc(OC)c1C(=O)NCc1nnc(SCc2ccccc2)n1-c1cc(Cl)ccc1C. The molecule has 0 bridgehead atoms. The van der Waals surface area contributed by atoms with Crippen molar-refractivity contribution >= 4 is 29.3 Å². The van der Waals surface area contributed by atoms with E-state index in [9.17, 15) is 4.79 Å². The van der Waals surface area contributed by atoms with E-state index < -0.39 is 0 Å². The van der Waals surface area contributed by atoms with Crippen LogP contribution in [0.2, 0.25) is 5.02 Å². The van der Waals surface area contributed by atoms with Crippen molar-refractivity contribution in [1.82, 2.24) is 20.1 Å². The summed E-state index contributed by atoms with van der Waals surface area (Å²) >= 11 is 7.89. The Bertz CT molecular complexity index is 1310. The quantitative estimate of drug-likeness (QED) is 0.302. The highest BCUT2D eigenvalue weighted by Gasteiger charge is 2.21. The first-order valence-corrected chi connectivity index (χ1v) is 12.2. The van der Waals surface area contributed by atoms with Crippen LogP contribution in [0.25, 0.3) is 5.69 Å². The summed E-state index contributed by atoms with van der Waals surface area (Å²) in [7, 11) is 3.03. The van der Waals surface area contributed by atoms with Gasteiger partial charge in [-0.05, 0) is 42.3 Å². The van der Waals surface area contributed by atoms with Crippen molar-refractivity contribution in [2.24, 2.45) is 0 Å². The van der Waals surface area contributed by atoms with Gasteiger partial charge in [-0.15, -0.1) is 10.2 Å². The van der Waals surface area contributed by atoms with Gasteiger partial charge in [-0.25, -0.2) is 0 Å². The van der Waals surface area contributed by atoms with Crippen LogP contribution in [0, 0.1) is 6.92 Å². The topological polar surface area (TPSA) is 78.3 Å². The Morgan fingerprint density at radius 1 is 1.00 bits per heavy atom. The molecule has 9 heteroatoms. The summed E-state index contributed by atoms with van der Waals surface area (Å²) in [5, 5.41) is 13.1. The third-order valence-corrected chi connectivity index (χ3v) is 6.62. The van der Waals surface area contributed by atoms with Crippen molar-refractivity contribution in [2.75, 3.05) is 14.2 Å². The van der Waals surface area contributed by atoms with Gasteiger partial charge < -0.3 is 14.8 Å². The van der Waals surface area contributed by atoms with E-state index in [1.54, 1.807) is 30.0 Å².